The third-order valence-electron chi connectivity index (χ3n) is 5.51. The second-order valence-corrected chi connectivity index (χ2v) is 7.14. The highest BCUT2D eigenvalue weighted by molar-refractivity contribution is 5.95. The summed E-state index contributed by atoms with van der Waals surface area (Å²) >= 11 is 0. The SMILES string of the molecule is COc1ccc(C2=C(c3ccc(OC)cc3)C(C)(C)C(C)C2)cc1. The topological polar surface area (TPSA) is 18.5 Å². The third-order valence-corrected chi connectivity index (χ3v) is 5.51. The average Bonchev–Trinajstić information content (AvgIpc) is 2.85. The van der Waals surface area contributed by atoms with E-state index in [1.807, 2.05) is 24.3 Å². The molecule has 0 radical (unpaired) electrons. The highest BCUT2D eigenvalue weighted by atomic mass is 16.5. The van der Waals surface area contributed by atoms with Crippen molar-refractivity contribution in [2.75, 3.05) is 14.2 Å². The molecule has 2 nitrogen and oxygen atoms in total. The molecule has 0 spiro atoms. The Labute approximate surface area is 145 Å². The third kappa shape index (κ3) is 2.82. The Morgan fingerprint density at radius 3 is 1.71 bits per heavy atom. The van der Waals surface area contributed by atoms with E-state index in [1.54, 1.807) is 14.2 Å². The Hall–Kier alpha value is -2.22. The quantitative estimate of drug-likeness (QED) is 0.721. The van der Waals surface area contributed by atoms with Crippen molar-refractivity contribution in [2.45, 2.75) is 27.2 Å². The van der Waals surface area contributed by atoms with Gasteiger partial charge in [-0.15, -0.1) is 0 Å². The Balaban J connectivity index is 2.12. The van der Waals surface area contributed by atoms with E-state index >= 15 is 0 Å². The summed E-state index contributed by atoms with van der Waals surface area (Å²) in [4.78, 5) is 0. The molecular weight excluding hydrogens is 296 g/mol. The monoisotopic (exact) mass is 322 g/mol. The van der Waals surface area contributed by atoms with Crippen LogP contribution in [0.5, 0.6) is 11.5 Å². The van der Waals surface area contributed by atoms with Crippen molar-refractivity contribution in [3.8, 4) is 11.5 Å². The van der Waals surface area contributed by atoms with Crippen molar-refractivity contribution in [3.05, 3.63) is 59.7 Å². The molecule has 0 bridgehead atoms. The zero-order chi connectivity index (χ0) is 17.3. The summed E-state index contributed by atoms with van der Waals surface area (Å²) in [6.07, 6.45) is 1.10. The van der Waals surface area contributed by atoms with Crippen LogP contribution in [0.4, 0.5) is 0 Å². The van der Waals surface area contributed by atoms with Gasteiger partial charge in [-0.05, 0) is 64.3 Å². The predicted octanol–water partition coefficient (Wildman–Crippen LogP) is 5.68. The van der Waals surface area contributed by atoms with Crippen LogP contribution in [0.2, 0.25) is 0 Å². The molecule has 0 saturated heterocycles. The van der Waals surface area contributed by atoms with E-state index in [-0.39, 0.29) is 5.41 Å². The van der Waals surface area contributed by atoms with Gasteiger partial charge < -0.3 is 9.47 Å². The van der Waals surface area contributed by atoms with Gasteiger partial charge in [-0.25, -0.2) is 0 Å². The van der Waals surface area contributed by atoms with Crippen molar-refractivity contribution in [2.24, 2.45) is 11.3 Å². The second kappa shape index (κ2) is 6.35. The summed E-state index contributed by atoms with van der Waals surface area (Å²) in [5.41, 5.74) is 5.61. The maximum Gasteiger partial charge on any atom is 0.118 e. The Kier molecular flexibility index (Phi) is 4.40. The van der Waals surface area contributed by atoms with Gasteiger partial charge in [-0.2, -0.15) is 0 Å². The minimum absolute atomic E-state index is 0.143. The molecule has 2 aromatic carbocycles. The van der Waals surface area contributed by atoms with Crippen molar-refractivity contribution < 1.29 is 9.47 Å². The number of ether oxygens (including phenoxy) is 2. The fraction of sp³-hybridized carbons (Fsp3) is 0.364. The van der Waals surface area contributed by atoms with Gasteiger partial charge in [-0.3, -0.25) is 0 Å². The van der Waals surface area contributed by atoms with Crippen LogP contribution >= 0.6 is 0 Å². The van der Waals surface area contributed by atoms with Gasteiger partial charge in [0.15, 0.2) is 0 Å². The van der Waals surface area contributed by atoms with E-state index in [0.29, 0.717) is 5.92 Å². The average molecular weight is 322 g/mol. The zero-order valence-electron chi connectivity index (χ0n) is 15.2. The molecule has 3 rings (SSSR count). The predicted molar refractivity (Wildman–Crippen MR) is 100 cm³/mol. The van der Waals surface area contributed by atoms with Crippen molar-refractivity contribution in [1.82, 2.24) is 0 Å². The lowest BCUT2D eigenvalue weighted by molar-refractivity contribution is 0.349. The largest absolute Gasteiger partial charge is 0.497 e. The molecule has 24 heavy (non-hydrogen) atoms. The molecule has 0 heterocycles. The summed E-state index contributed by atoms with van der Waals surface area (Å²) in [5.74, 6) is 2.40. The molecule has 0 saturated carbocycles. The van der Waals surface area contributed by atoms with E-state index in [1.165, 1.54) is 22.3 Å². The van der Waals surface area contributed by atoms with E-state index in [9.17, 15) is 0 Å². The van der Waals surface area contributed by atoms with Crippen molar-refractivity contribution in [1.29, 1.82) is 0 Å². The number of hydrogen-bond donors (Lipinski definition) is 0. The minimum Gasteiger partial charge on any atom is -0.497 e. The van der Waals surface area contributed by atoms with E-state index < -0.39 is 0 Å². The van der Waals surface area contributed by atoms with Crippen LogP contribution in [0.15, 0.2) is 48.5 Å². The molecule has 1 aliphatic carbocycles. The number of allylic oxidation sites excluding steroid dienone is 2. The van der Waals surface area contributed by atoms with Gasteiger partial charge in [0.1, 0.15) is 11.5 Å². The van der Waals surface area contributed by atoms with Crippen LogP contribution in [-0.4, -0.2) is 14.2 Å². The fourth-order valence-electron chi connectivity index (χ4n) is 3.66. The van der Waals surface area contributed by atoms with Crippen LogP contribution in [-0.2, 0) is 0 Å². The van der Waals surface area contributed by atoms with E-state index in [4.69, 9.17) is 9.47 Å². The molecule has 1 atom stereocenters. The maximum atomic E-state index is 5.31. The Bertz CT molecular complexity index is 737. The molecule has 2 aromatic rings. The van der Waals surface area contributed by atoms with Crippen molar-refractivity contribution in [3.63, 3.8) is 0 Å². The van der Waals surface area contributed by atoms with Crippen LogP contribution in [0, 0.1) is 11.3 Å². The second-order valence-electron chi connectivity index (χ2n) is 7.14. The summed E-state index contributed by atoms with van der Waals surface area (Å²) in [6.45, 7) is 7.06. The Morgan fingerprint density at radius 2 is 1.25 bits per heavy atom. The molecule has 0 aromatic heterocycles. The van der Waals surface area contributed by atoms with Gasteiger partial charge in [0.25, 0.3) is 0 Å². The smallest absolute Gasteiger partial charge is 0.118 e. The summed E-state index contributed by atoms with van der Waals surface area (Å²) in [7, 11) is 3.41. The lowest BCUT2D eigenvalue weighted by Gasteiger charge is -2.28. The first-order valence-corrected chi connectivity index (χ1v) is 8.50. The molecule has 1 unspecified atom stereocenters. The highest BCUT2D eigenvalue weighted by Crippen LogP contribution is 2.54. The molecule has 0 amide bonds. The first-order valence-electron chi connectivity index (χ1n) is 8.50. The lowest BCUT2D eigenvalue weighted by atomic mass is 9.76. The van der Waals surface area contributed by atoms with Gasteiger partial charge in [0.2, 0.25) is 0 Å². The molecule has 2 heteroatoms. The van der Waals surface area contributed by atoms with E-state index in [0.717, 1.165) is 17.9 Å². The molecule has 0 aliphatic heterocycles. The zero-order valence-corrected chi connectivity index (χ0v) is 15.2. The van der Waals surface area contributed by atoms with Crippen LogP contribution in [0.1, 0.15) is 38.3 Å². The van der Waals surface area contributed by atoms with Gasteiger partial charge in [-0.1, -0.05) is 45.0 Å². The summed E-state index contributed by atoms with van der Waals surface area (Å²) in [5, 5.41) is 0. The van der Waals surface area contributed by atoms with Crippen LogP contribution in [0.25, 0.3) is 11.1 Å². The molecule has 1 aliphatic rings. The number of rotatable bonds is 4. The van der Waals surface area contributed by atoms with Gasteiger partial charge >= 0.3 is 0 Å². The molecular formula is C22H26O2. The van der Waals surface area contributed by atoms with E-state index in [2.05, 4.69) is 45.0 Å². The number of benzene rings is 2. The van der Waals surface area contributed by atoms with Crippen LogP contribution in [0.3, 0.4) is 0 Å². The first-order chi connectivity index (χ1) is 11.5. The lowest BCUT2D eigenvalue weighted by Crippen LogP contribution is -2.17. The first kappa shape index (κ1) is 16.6. The number of methoxy groups -OCH3 is 2. The molecule has 0 fully saturated rings. The fourth-order valence-corrected chi connectivity index (χ4v) is 3.66. The molecule has 0 N–H and O–H groups in total. The normalized spacial score (nSPS) is 19.5. The van der Waals surface area contributed by atoms with Crippen LogP contribution < -0.4 is 9.47 Å². The number of hydrogen-bond acceptors (Lipinski definition) is 2. The standard InChI is InChI=1S/C22H26O2/c1-15-14-20(16-6-10-18(23-4)11-7-16)21(22(15,2)3)17-8-12-19(24-5)13-9-17/h6-13,15H,14H2,1-5H3. The summed E-state index contributed by atoms with van der Waals surface area (Å²) < 4.78 is 10.6. The van der Waals surface area contributed by atoms with Gasteiger partial charge in [0, 0.05) is 0 Å². The molecule has 126 valence electrons. The highest BCUT2D eigenvalue weighted by Gasteiger charge is 2.39. The maximum absolute atomic E-state index is 5.31. The summed E-state index contributed by atoms with van der Waals surface area (Å²) in [6, 6.07) is 16.9. The van der Waals surface area contributed by atoms with Crippen molar-refractivity contribution >= 4 is 11.1 Å². The van der Waals surface area contributed by atoms with Gasteiger partial charge in [0.05, 0.1) is 14.2 Å². The minimum atomic E-state index is 0.143. The Morgan fingerprint density at radius 1 is 0.792 bits per heavy atom.